The minimum atomic E-state index is -0.631. The molecule has 0 bridgehead atoms. The van der Waals surface area contributed by atoms with Crippen molar-refractivity contribution in [1.29, 1.82) is 0 Å². The molecule has 1 aliphatic rings. The van der Waals surface area contributed by atoms with Crippen molar-refractivity contribution < 1.29 is 9.21 Å². The fourth-order valence-corrected chi connectivity index (χ4v) is 4.87. The zero-order chi connectivity index (χ0) is 22.6. The lowest BCUT2D eigenvalue weighted by Gasteiger charge is -2.25. The van der Waals surface area contributed by atoms with E-state index in [2.05, 4.69) is 0 Å². The minimum Gasteiger partial charge on any atom is -0.450 e. The van der Waals surface area contributed by atoms with Gasteiger partial charge in [0.25, 0.3) is 5.91 Å². The van der Waals surface area contributed by atoms with Crippen molar-refractivity contribution in [3.63, 3.8) is 0 Å². The Hall–Kier alpha value is -3.08. The van der Waals surface area contributed by atoms with Gasteiger partial charge in [-0.2, -0.15) is 0 Å². The second-order valence-corrected chi connectivity index (χ2v) is 8.96. The van der Waals surface area contributed by atoms with Gasteiger partial charge < -0.3 is 9.32 Å². The zero-order valence-electron chi connectivity index (χ0n) is 17.5. The molecule has 1 atom stereocenters. The molecule has 1 aliphatic heterocycles. The molecule has 5 rings (SSSR count). The summed E-state index contributed by atoms with van der Waals surface area (Å²) < 4.78 is 6.11. The van der Waals surface area contributed by atoms with E-state index in [1.165, 1.54) is 0 Å². The Morgan fingerprint density at radius 3 is 2.50 bits per heavy atom. The molecule has 1 unspecified atom stereocenters. The van der Waals surface area contributed by atoms with Crippen LogP contribution < -0.4 is 5.43 Å². The first kappa shape index (κ1) is 20.8. The van der Waals surface area contributed by atoms with E-state index in [0.29, 0.717) is 26.6 Å². The molecule has 2 heterocycles. The van der Waals surface area contributed by atoms with Crippen LogP contribution in [0.5, 0.6) is 0 Å². The molecule has 0 radical (unpaired) electrons. The van der Waals surface area contributed by atoms with Gasteiger partial charge in [-0.15, -0.1) is 0 Å². The molecule has 4 nitrogen and oxygen atoms in total. The van der Waals surface area contributed by atoms with Crippen LogP contribution in [0.3, 0.4) is 0 Å². The van der Waals surface area contributed by atoms with E-state index < -0.39 is 6.04 Å². The molecule has 6 heteroatoms. The maximum absolute atomic E-state index is 13.7. The summed E-state index contributed by atoms with van der Waals surface area (Å²) in [6.07, 6.45) is 0. The largest absolute Gasteiger partial charge is 0.450 e. The van der Waals surface area contributed by atoms with Crippen LogP contribution in [-0.4, -0.2) is 10.8 Å². The van der Waals surface area contributed by atoms with Gasteiger partial charge in [-0.05, 0) is 60.4 Å². The van der Waals surface area contributed by atoms with E-state index in [9.17, 15) is 9.59 Å². The Morgan fingerprint density at radius 2 is 1.75 bits per heavy atom. The molecular formula is C26H19Cl2NO3. The number of rotatable bonds is 3. The summed E-state index contributed by atoms with van der Waals surface area (Å²) in [5.41, 5.74) is 3.88. The molecule has 1 aromatic heterocycles. The van der Waals surface area contributed by atoms with Crippen LogP contribution in [0.1, 0.15) is 44.4 Å². The molecule has 0 spiro atoms. The van der Waals surface area contributed by atoms with E-state index in [0.717, 1.165) is 22.3 Å². The summed E-state index contributed by atoms with van der Waals surface area (Å²) in [6, 6.07) is 17.7. The molecule has 32 heavy (non-hydrogen) atoms. The van der Waals surface area contributed by atoms with Crippen LogP contribution >= 0.6 is 23.2 Å². The summed E-state index contributed by atoms with van der Waals surface area (Å²) in [5, 5.41) is 1.55. The van der Waals surface area contributed by atoms with Crippen LogP contribution in [0.2, 0.25) is 10.0 Å². The number of benzene rings is 3. The van der Waals surface area contributed by atoms with Gasteiger partial charge in [0.1, 0.15) is 5.58 Å². The third-order valence-electron chi connectivity index (χ3n) is 5.86. The van der Waals surface area contributed by atoms with E-state index in [1.807, 2.05) is 56.3 Å². The van der Waals surface area contributed by atoms with Crippen molar-refractivity contribution >= 4 is 40.1 Å². The summed E-state index contributed by atoms with van der Waals surface area (Å²) >= 11 is 12.7. The quantitative estimate of drug-likeness (QED) is 0.350. The summed E-state index contributed by atoms with van der Waals surface area (Å²) in [4.78, 5) is 28.9. The van der Waals surface area contributed by atoms with Gasteiger partial charge in [-0.1, -0.05) is 59.6 Å². The molecular weight excluding hydrogens is 445 g/mol. The summed E-state index contributed by atoms with van der Waals surface area (Å²) in [6.45, 7) is 4.04. The Kier molecular flexibility index (Phi) is 5.07. The Balaban J connectivity index is 1.78. The van der Waals surface area contributed by atoms with Crippen molar-refractivity contribution in [2.45, 2.75) is 26.4 Å². The number of halogens is 2. The fraction of sp³-hybridized carbons (Fsp3) is 0.154. The number of amides is 1. The second-order valence-electron chi connectivity index (χ2n) is 8.11. The number of nitrogens with zero attached hydrogens (tertiary/aromatic N) is 1. The smallest absolute Gasteiger partial charge is 0.291 e. The molecule has 0 saturated carbocycles. The molecule has 0 fully saturated rings. The van der Waals surface area contributed by atoms with Gasteiger partial charge in [0, 0.05) is 16.6 Å². The first-order valence-corrected chi connectivity index (χ1v) is 11.0. The Bertz CT molecular complexity index is 1460. The van der Waals surface area contributed by atoms with Gasteiger partial charge in [-0.3, -0.25) is 9.59 Å². The van der Waals surface area contributed by atoms with Crippen molar-refractivity contribution in [3.8, 4) is 0 Å². The number of aryl methyl sites for hydroxylation is 2. The van der Waals surface area contributed by atoms with Crippen molar-refractivity contribution in [3.05, 3.63) is 115 Å². The zero-order valence-corrected chi connectivity index (χ0v) is 19.0. The molecule has 0 aliphatic carbocycles. The van der Waals surface area contributed by atoms with E-state index in [-0.39, 0.29) is 23.6 Å². The molecule has 4 aromatic rings. The van der Waals surface area contributed by atoms with Gasteiger partial charge in [0.05, 0.1) is 17.0 Å². The highest BCUT2D eigenvalue weighted by Crippen LogP contribution is 2.40. The molecule has 160 valence electrons. The monoisotopic (exact) mass is 463 g/mol. The van der Waals surface area contributed by atoms with Crippen LogP contribution in [-0.2, 0) is 6.54 Å². The van der Waals surface area contributed by atoms with Crippen LogP contribution in [0, 0.1) is 13.8 Å². The highest BCUT2D eigenvalue weighted by Gasteiger charge is 2.43. The van der Waals surface area contributed by atoms with Crippen molar-refractivity contribution in [2.75, 3.05) is 0 Å². The highest BCUT2D eigenvalue weighted by molar-refractivity contribution is 6.31. The van der Waals surface area contributed by atoms with Crippen LogP contribution in [0.15, 0.2) is 69.9 Å². The maximum atomic E-state index is 13.7. The SMILES string of the molecule is Cc1cc(C)c2oc3c(c(=O)c2c1)C(c1cccc(Cl)c1)N(Cc1ccccc1Cl)C3=O. The number of fused-ring (bicyclic) bond motifs is 2. The average Bonchev–Trinajstić information content (AvgIpc) is 3.03. The van der Waals surface area contributed by atoms with Crippen LogP contribution in [0.25, 0.3) is 11.0 Å². The van der Waals surface area contributed by atoms with E-state index >= 15 is 0 Å². The van der Waals surface area contributed by atoms with Crippen molar-refractivity contribution in [1.82, 2.24) is 4.90 Å². The van der Waals surface area contributed by atoms with Gasteiger partial charge in [0.15, 0.2) is 5.43 Å². The number of hydrogen-bond donors (Lipinski definition) is 0. The first-order valence-electron chi connectivity index (χ1n) is 10.2. The maximum Gasteiger partial charge on any atom is 0.291 e. The van der Waals surface area contributed by atoms with Gasteiger partial charge in [-0.25, -0.2) is 0 Å². The van der Waals surface area contributed by atoms with E-state index in [1.54, 1.807) is 23.1 Å². The first-order chi connectivity index (χ1) is 15.3. The molecule has 3 aromatic carbocycles. The van der Waals surface area contributed by atoms with Gasteiger partial charge in [0.2, 0.25) is 5.76 Å². The lowest BCUT2D eigenvalue weighted by molar-refractivity contribution is 0.0714. The fourth-order valence-electron chi connectivity index (χ4n) is 4.47. The Labute approximate surface area is 195 Å². The molecule has 1 amide bonds. The lowest BCUT2D eigenvalue weighted by atomic mass is 9.97. The predicted molar refractivity (Wildman–Crippen MR) is 127 cm³/mol. The van der Waals surface area contributed by atoms with Crippen molar-refractivity contribution in [2.24, 2.45) is 0 Å². The number of carbonyl (C=O) groups excluding carboxylic acids is 1. The third-order valence-corrected chi connectivity index (χ3v) is 6.46. The van der Waals surface area contributed by atoms with Crippen LogP contribution in [0.4, 0.5) is 0 Å². The average molecular weight is 464 g/mol. The summed E-state index contributed by atoms with van der Waals surface area (Å²) in [5.74, 6) is -0.268. The van der Waals surface area contributed by atoms with Gasteiger partial charge >= 0.3 is 0 Å². The third kappa shape index (κ3) is 3.31. The topological polar surface area (TPSA) is 50.5 Å². The minimum absolute atomic E-state index is 0.0754. The standard InChI is InChI=1S/C26H19Cl2NO3/c1-14-10-15(2)24-19(11-14)23(30)21-22(16-7-5-8-18(27)12-16)29(26(31)25(21)32-24)13-17-6-3-4-9-20(17)28/h3-12,22H,13H2,1-2H3. The molecule has 0 saturated heterocycles. The highest BCUT2D eigenvalue weighted by atomic mass is 35.5. The molecule has 0 N–H and O–H groups in total. The predicted octanol–water partition coefficient (Wildman–Crippen LogP) is 6.46. The lowest BCUT2D eigenvalue weighted by Crippen LogP contribution is -2.29. The number of hydrogen-bond acceptors (Lipinski definition) is 3. The normalized spacial score (nSPS) is 15.4. The Morgan fingerprint density at radius 1 is 0.969 bits per heavy atom. The van der Waals surface area contributed by atoms with E-state index in [4.69, 9.17) is 27.6 Å². The summed E-state index contributed by atoms with van der Waals surface area (Å²) in [7, 11) is 0. The number of carbonyl (C=O) groups is 1. The second kappa shape index (κ2) is 7.80.